The lowest BCUT2D eigenvalue weighted by molar-refractivity contribution is -0.145. The van der Waals surface area contributed by atoms with Crippen LogP contribution in [-0.4, -0.2) is 42.6 Å². The van der Waals surface area contributed by atoms with Crippen LogP contribution < -0.4 is 0 Å². The lowest BCUT2D eigenvalue weighted by Crippen LogP contribution is -2.33. The van der Waals surface area contributed by atoms with Crippen LogP contribution in [0.4, 0.5) is 0 Å². The number of rotatable bonds is 4. The number of carbonyl (C=O) groups excluding carboxylic acids is 2. The molecule has 0 spiro atoms. The molecular weight excluding hydrogens is 224 g/mol. The molecule has 0 aliphatic carbocycles. The monoisotopic (exact) mass is 240 g/mol. The Hall–Kier alpha value is -1.85. The summed E-state index contributed by atoms with van der Waals surface area (Å²) in [5.41, 5.74) is 1.47. The van der Waals surface area contributed by atoms with Gasteiger partial charge in [0.15, 0.2) is 0 Å². The van der Waals surface area contributed by atoms with E-state index in [1.54, 1.807) is 20.9 Å². The number of esters is 1. The van der Waals surface area contributed by atoms with Crippen molar-refractivity contribution < 1.29 is 18.8 Å². The molecule has 0 bridgehead atoms. The van der Waals surface area contributed by atoms with Crippen molar-refractivity contribution in [1.29, 1.82) is 0 Å². The van der Waals surface area contributed by atoms with Crippen molar-refractivity contribution in [2.75, 3.05) is 20.7 Å². The van der Waals surface area contributed by atoms with Gasteiger partial charge in [-0.3, -0.25) is 9.59 Å². The molecule has 0 saturated heterocycles. The summed E-state index contributed by atoms with van der Waals surface area (Å²) in [6, 6.07) is 0. The number of aromatic nitrogens is 1. The first-order chi connectivity index (χ1) is 7.95. The fourth-order valence-corrected chi connectivity index (χ4v) is 1.39. The Balaban J connectivity index is 2.63. The first kappa shape index (κ1) is 13.2. The third kappa shape index (κ3) is 3.30. The zero-order valence-corrected chi connectivity index (χ0v) is 10.4. The molecule has 0 aromatic carbocycles. The van der Waals surface area contributed by atoms with Crippen LogP contribution >= 0.6 is 0 Å². The van der Waals surface area contributed by atoms with Crippen LogP contribution in [0, 0.1) is 13.8 Å². The predicted molar refractivity (Wildman–Crippen MR) is 59.3 cm³/mol. The summed E-state index contributed by atoms with van der Waals surface area (Å²) in [5.74, 6) is 0.00623. The minimum atomic E-state index is -0.445. The molecule has 1 aromatic rings. The van der Waals surface area contributed by atoms with E-state index >= 15 is 0 Å². The van der Waals surface area contributed by atoms with Gasteiger partial charge in [-0.1, -0.05) is 5.16 Å². The van der Waals surface area contributed by atoms with Gasteiger partial charge in [0.1, 0.15) is 12.3 Å². The normalized spacial score (nSPS) is 10.1. The lowest BCUT2D eigenvalue weighted by Gasteiger charge is -2.15. The molecule has 1 amide bonds. The summed E-state index contributed by atoms with van der Waals surface area (Å²) < 4.78 is 9.46. The average molecular weight is 240 g/mol. The highest BCUT2D eigenvalue weighted by Crippen LogP contribution is 2.13. The van der Waals surface area contributed by atoms with Crippen LogP contribution in [0.5, 0.6) is 0 Å². The molecule has 6 nitrogen and oxygen atoms in total. The number of methoxy groups -OCH3 is 1. The van der Waals surface area contributed by atoms with Crippen LogP contribution in [0.25, 0.3) is 0 Å². The van der Waals surface area contributed by atoms with Crippen LogP contribution in [0.2, 0.25) is 0 Å². The summed E-state index contributed by atoms with van der Waals surface area (Å²) in [4.78, 5) is 24.1. The zero-order chi connectivity index (χ0) is 13.0. The molecule has 94 valence electrons. The molecule has 1 heterocycles. The summed E-state index contributed by atoms with van der Waals surface area (Å²) in [6.07, 6.45) is 0.175. The Morgan fingerprint density at radius 3 is 2.53 bits per heavy atom. The molecule has 1 rings (SSSR count). The maximum Gasteiger partial charge on any atom is 0.325 e. The van der Waals surface area contributed by atoms with E-state index in [1.165, 1.54) is 12.0 Å². The summed E-state index contributed by atoms with van der Waals surface area (Å²) in [7, 11) is 2.84. The van der Waals surface area contributed by atoms with Crippen LogP contribution in [0.3, 0.4) is 0 Å². The maximum atomic E-state index is 11.8. The van der Waals surface area contributed by atoms with E-state index in [2.05, 4.69) is 9.89 Å². The SMILES string of the molecule is COC(=O)CN(C)C(=O)Cc1c(C)noc1C. The summed E-state index contributed by atoms with van der Waals surface area (Å²) in [6.45, 7) is 3.47. The number of nitrogens with zero attached hydrogens (tertiary/aromatic N) is 2. The Morgan fingerprint density at radius 1 is 1.41 bits per heavy atom. The molecule has 0 aliphatic heterocycles. The average Bonchev–Trinajstić information content (AvgIpc) is 2.60. The van der Waals surface area contributed by atoms with Crippen molar-refractivity contribution in [1.82, 2.24) is 10.1 Å². The molecule has 0 fully saturated rings. The van der Waals surface area contributed by atoms with E-state index in [0.717, 1.165) is 5.56 Å². The van der Waals surface area contributed by atoms with E-state index < -0.39 is 5.97 Å². The molecule has 0 unspecified atom stereocenters. The Bertz CT molecular complexity index is 406. The minimum Gasteiger partial charge on any atom is -0.468 e. The quantitative estimate of drug-likeness (QED) is 0.715. The van der Waals surface area contributed by atoms with Crippen LogP contribution in [0.15, 0.2) is 4.52 Å². The number of hydrogen-bond donors (Lipinski definition) is 0. The molecule has 17 heavy (non-hydrogen) atoms. The van der Waals surface area contributed by atoms with Gasteiger partial charge in [-0.05, 0) is 13.8 Å². The van der Waals surface area contributed by atoms with Crippen molar-refractivity contribution in [3.8, 4) is 0 Å². The van der Waals surface area contributed by atoms with E-state index in [0.29, 0.717) is 11.5 Å². The number of carbonyl (C=O) groups is 2. The van der Waals surface area contributed by atoms with Gasteiger partial charge in [-0.25, -0.2) is 0 Å². The fourth-order valence-electron chi connectivity index (χ4n) is 1.39. The van der Waals surface area contributed by atoms with Gasteiger partial charge in [-0.2, -0.15) is 0 Å². The first-order valence-corrected chi connectivity index (χ1v) is 5.18. The number of hydrogen-bond acceptors (Lipinski definition) is 5. The zero-order valence-electron chi connectivity index (χ0n) is 10.4. The highest BCUT2D eigenvalue weighted by Gasteiger charge is 2.18. The fraction of sp³-hybridized carbons (Fsp3) is 0.545. The largest absolute Gasteiger partial charge is 0.468 e. The summed E-state index contributed by atoms with van der Waals surface area (Å²) >= 11 is 0. The first-order valence-electron chi connectivity index (χ1n) is 5.18. The predicted octanol–water partition coefficient (Wildman–Crippen LogP) is 0.465. The van der Waals surface area contributed by atoms with Crippen molar-refractivity contribution in [3.05, 3.63) is 17.0 Å². The van der Waals surface area contributed by atoms with Crippen LogP contribution in [0.1, 0.15) is 17.0 Å². The smallest absolute Gasteiger partial charge is 0.325 e. The standard InChI is InChI=1S/C11H16N2O4/c1-7-9(8(2)17-12-7)5-10(14)13(3)6-11(15)16-4/h5-6H2,1-4H3. The lowest BCUT2D eigenvalue weighted by atomic mass is 10.1. The molecule has 0 aliphatic rings. The van der Waals surface area contributed by atoms with Crippen molar-refractivity contribution in [2.45, 2.75) is 20.3 Å². The van der Waals surface area contributed by atoms with Crippen molar-refractivity contribution in [2.24, 2.45) is 0 Å². The maximum absolute atomic E-state index is 11.8. The molecular formula is C11H16N2O4. The van der Waals surface area contributed by atoms with Gasteiger partial charge in [0.2, 0.25) is 5.91 Å². The van der Waals surface area contributed by atoms with E-state index in [1.807, 2.05) is 0 Å². The molecule has 6 heteroatoms. The highest BCUT2D eigenvalue weighted by atomic mass is 16.5. The van der Waals surface area contributed by atoms with Gasteiger partial charge in [0.05, 0.1) is 19.2 Å². The topological polar surface area (TPSA) is 72.6 Å². The van der Waals surface area contributed by atoms with E-state index in [9.17, 15) is 9.59 Å². The number of amides is 1. The molecule has 0 atom stereocenters. The third-order valence-corrected chi connectivity index (χ3v) is 2.53. The third-order valence-electron chi connectivity index (χ3n) is 2.53. The van der Waals surface area contributed by atoms with E-state index in [-0.39, 0.29) is 18.9 Å². The Kier molecular flexibility index (Phi) is 4.25. The second-order valence-electron chi connectivity index (χ2n) is 3.81. The minimum absolute atomic E-state index is 0.0568. The molecule has 0 radical (unpaired) electrons. The van der Waals surface area contributed by atoms with Gasteiger partial charge in [0, 0.05) is 12.6 Å². The van der Waals surface area contributed by atoms with Crippen LogP contribution in [-0.2, 0) is 20.7 Å². The van der Waals surface area contributed by atoms with Gasteiger partial charge >= 0.3 is 5.97 Å². The highest BCUT2D eigenvalue weighted by molar-refractivity contribution is 5.83. The number of likely N-dealkylation sites (N-methyl/N-ethyl adjacent to an activating group) is 1. The molecule has 0 saturated carbocycles. The van der Waals surface area contributed by atoms with Gasteiger partial charge < -0.3 is 14.2 Å². The van der Waals surface area contributed by atoms with E-state index in [4.69, 9.17) is 4.52 Å². The molecule has 0 N–H and O–H groups in total. The molecule has 1 aromatic heterocycles. The second kappa shape index (κ2) is 5.47. The van der Waals surface area contributed by atoms with Gasteiger partial charge in [0.25, 0.3) is 0 Å². The van der Waals surface area contributed by atoms with Gasteiger partial charge in [-0.15, -0.1) is 0 Å². The number of ether oxygens (including phenoxy) is 1. The second-order valence-corrected chi connectivity index (χ2v) is 3.81. The number of aryl methyl sites for hydroxylation is 2. The summed E-state index contributed by atoms with van der Waals surface area (Å²) in [5, 5.41) is 3.77. The van der Waals surface area contributed by atoms with Crippen molar-refractivity contribution in [3.63, 3.8) is 0 Å². The Morgan fingerprint density at radius 2 is 2.06 bits per heavy atom. The Labute approximate surface area is 99.5 Å². The van der Waals surface area contributed by atoms with Crippen molar-refractivity contribution >= 4 is 11.9 Å².